The lowest BCUT2D eigenvalue weighted by molar-refractivity contribution is -0.306. The van der Waals surface area contributed by atoms with E-state index in [4.69, 9.17) is 23.7 Å². The van der Waals surface area contributed by atoms with E-state index < -0.39 is 0 Å². The first kappa shape index (κ1) is 13.4. The minimum Gasteiger partial charge on any atom is -0.361 e. The quantitative estimate of drug-likeness (QED) is 0.625. The summed E-state index contributed by atoms with van der Waals surface area (Å²) in [6, 6.07) is 9.91. The Kier molecular flexibility index (Phi) is 3.52. The average molecular weight is 290 g/mol. The molecule has 3 aliphatic heterocycles. The van der Waals surface area contributed by atoms with Crippen molar-refractivity contribution in [2.75, 3.05) is 13.2 Å². The van der Waals surface area contributed by atoms with Gasteiger partial charge in [-0.3, -0.25) is 0 Å². The second-order valence-electron chi connectivity index (χ2n) is 5.41. The number of hydrogen-bond donors (Lipinski definition) is 0. The van der Waals surface area contributed by atoms with E-state index in [1.165, 1.54) is 0 Å². The molecule has 4 rings (SSSR count). The molecule has 0 spiro atoms. The molecular weight excluding hydrogens is 272 g/mol. The third kappa shape index (κ3) is 2.52. The molecule has 0 aromatic heterocycles. The number of fused-ring (bicyclic) bond motifs is 3. The first-order valence-electron chi connectivity index (χ1n) is 7.22. The summed E-state index contributed by atoms with van der Waals surface area (Å²) < 4.78 is 28.9. The van der Waals surface area contributed by atoms with E-state index in [2.05, 4.69) is 6.58 Å². The number of hydrogen-bond acceptors (Lipinski definition) is 5. The molecule has 5 nitrogen and oxygen atoms in total. The van der Waals surface area contributed by atoms with E-state index in [1.54, 1.807) is 6.08 Å². The van der Waals surface area contributed by atoms with Crippen LogP contribution in [-0.4, -0.2) is 43.9 Å². The maximum absolute atomic E-state index is 6.04. The van der Waals surface area contributed by atoms with E-state index in [1.807, 2.05) is 30.3 Å². The summed E-state index contributed by atoms with van der Waals surface area (Å²) in [5, 5.41) is 0. The predicted molar refractivity (Wildman–Crippen MR) is 73.5 cm³/mol. The monoisotopic (exact) mass is 290 g/mol. The van der Waals surface area contributed by atoms with E-state index in [0.717, 1.165) is 5.56 Å². The van der Waals surface area contributed by atoms with Crippen LogP contribution in [0.4, 0.5) is 0 Å². The summed E-state index contributed by atoms with van der Waals surface area (Å²) >= 11 is 0. The minimum atomic E-state index is -0.355. The van der Waals surface area contributed by atoms with Crippen molar-refractivity contribution in [3.63, 3.8) is 0 Å². The van der Waals surface area contributed by atoms with Gasteiger partial charge in [-0.15, -0.1) is 6.58 Å². The molecule has 21 heavy (non-hydrogen) atoms. The Balaban J connectivity index is 1.43. The number of ether oxygens (including phenoxy) is 5. The fourth-order valence-corrected chi connectivity index (χ4v) is 2.90. The van der Waals surface area contributed by atoms with Crippen LogP contribution in [0, 0.1) is 0 Å². The molecule has 112 valence electrons. The van der Waals surface area contributed by atoms with Crippen LogP contribution in [0.15, 0.2) is 43.0 Å². The number of rotatable bonds is 4. The van der Waals surface area contributed by atoms with Crippen LogP contribution >= 0.6 is 0 Å². The maximum atomic E-state index is 6.04. The highest BCUT2D eigenvalue weighted by Crippen LogP contribution is 2.43. The molecule has 1 aromatic rings. The summed E-state index contributed by atoms with van der Waals surface area (Å²) in [7, 11) is 0. The Morgan fingerprint density at radius 3 is 2.76 bits per heavy atom. The number of epoxide rings is 1. The summed E-state index contributed by atoms with van der Waals surface area (Å²) in [5.41, 5.74) is 1.01. The van der Waals surface area contributed by atoms with Crippen molar-refractivity contribution in [3.05, 3.63) is 48.6 Å². The summed E-state index contributed by atoms with van der Waals surface area (Å²) in [6.45, 7) is 4.56. The predicted octanol–water partition coefficient (Wildman–Crippen LogP) is 1.80. The van der Waals surface area contributed by atoms with Gasteiger partial charge in [0.05, 0.1) is 13.2 Å². The molecule has 6 atom stereocenters. The zero-order valence-corrected chi connectivity index (χ0v) is 11.6. The minimum absolute atomic E-state index is 0.0358. The lowest BCUT2D eigenvalue weighted by Crippen LogP contribution is -2.52. The van der Waals surface area contributed by atoms with Gasteiger partial charge < -0.3 is 23.7 Å². The second-order valence-corrected chi connectivity index (χ2v) is 5.41. The Morgan fingerprint density at radius 1 is 1.10 bits per heavy atom. The van der Waals surface area contributed by atoms with Crippen LogP contribution in [0.1, 0.15) is 11.9 Å². The molecule has 5 heteroatoms. The molecule has 0 N–H and O–H groups in total. The largest absolute Gasteiger partial charge is 0.361 e. The van der Waals surface area contributed by atoms with Crippen LogP contribution in [0.2, 0.25) is 0 Å². The van der Waals surface area contributed by atoms with Crippen LogP contribution in [-0.2, 0) is 23.7 Å². The molecule has 0 bridgehead atoms. The highest BCUT2D eigenvalue weighted by molar-refractivity contribution is 5.17. The van der Waals surface area contributed by atoms with Crippen LogP contribution in [0.5, 0.6) is 0 Å². The van der Waals surface area contributed by atoms with Crippen molar-refractivity contribution in [2.24, 2.45) is 0 Å². The van der Waals surface area contributed by atoms with E-state index in [-0.39, 0.29) is 37.0 Å². The van der Waals surface area contributed by atoms with E-state index >= 15 is 0 Å². The Morgan fingerprint density at radius 2 is 1.95 bits per heavy atom. The van der Waals surface area contributed by atoms with Crippen molar-refractivity contribution in [2.45, 2.75) is 37.0 Å². The second kappa shape index (κ2) is 5.51. The third-order valence-corrected chi connectivity index (χ3v) is 3.97. The van der Waals surface area contributed by atoms with Gasteiger partial charge in [0, 0.05) is 5.56 Å². The summed E-state index contributed by atoms with van der Waals surface area (Å²) in [6.07, 6.45) is 0.739. The van der Waals surface area contributed by atoms with Crippen LogP contribution < -0.4 is 0 Å². The van der Waals surface area contributed by atoms with Crippen LogP contribution in [0.3, 0.4) is 0 Å². The van der Waals surface area contributed by atoms with Gasteiger partial charge in [-0.2, -0.15) is 0 Å². The molecule has 3 heterocycles. The first-order valence-corrected chi connectivity index (χ1v) is 7.22. The van der Waals surface area contributed by atoms with Gasteiger partial charge in [0.15, 0.2) is 12.6 Å². The standard InChI is InChI=1S/C16H18O5/c1-2-8-17-16-14-13(20-14)12-11(19-16)9-18-15(21-12)10-6-4-3-5-7-10/h2-7,11-16H,1,8-9H2/t11-,12-,13-,14-,15-,16-/m1/s1. The molecule has 0 aliphatic carbocycles. The van der Waals surface area contributed by atoms with Crippen molar-refractivity contribution < 1.29 is 23.7 Å². The normalized spacial score (nSPS) is 41.0. The molecule has 0 radical (unpaired) electrons. The zero-order valence-electron chi connectivity index (χ0n) is 11.6. The summed E-state index contributed by atoms with van der Waals surface area (Å²) in [5.74, 6) is 0. The van der Waals surface area contributed by atoms with Gasteiger partial charge in [-0.25, -0.2) is 0 Å². The fourth-order valence-electron chi connectivity index (χ4n) is 2.90. The van der Waals surface area contributed by atoms with Gasteiger partial charge in [-0.05, 0) is 0 Å². The first-order chi connectivity index (χ1) is 10.4. The topological polar surface area (TPSA) is 49.5 Å². The zero-order chi connectivity index (χ0) is 14.2. The SMILES string of the molecule is C=CCO[C@@H]1O[C@@H]2CO[C@@H](c3ccccc3)O[C@H]2[C@H]2O[C@@H]12. The lowest BCUT2D eigenvalue weighted by atomic mass is 10.0. The van der Waals surface area contributed by atoms with Gasteiger partial charge >= 0.3 is 0 Å². The highest BCUT2D eigenvalue weighted by Gasteiger charge is 2.60. The van der Waals surface area contributed by atoms with Gasteiger partial charge in [0.2, 0.25) is 0 Å². The average Bonchev–Trinajstić information content (AvgIpc) is 3.34. The summed E-state index contributed by atoms with van der Waals surface area (Å²) in [4.78, 5) is 0. The van der Waals surface area contributed by atoms with Gasteiger partial charge in [0.1, 0.15) is 24.4 Å². The van der Waals surface area contributed by atoms with Crippen molar-refractivity contribution >= 4 is 0 Å². The molecule has 0 unspecified atom stereocenters. The Labute approximate surface area is 123 Å². The maximum Gasteiger partial charge on any atom is 0.187 e. The smallest absolute Gasteiger partial charge is 0.187 e. The van der Waals surface area contributed by atoms with Gasteiger partial charge in [0.25, 0.3) is 0 Å². The number of benzene rings is 1. The molecule has 0 amide bonds. The molecule has 1 aromatic carbocycles. The van der Waals surface area contributed by atoms with Crippen molar-refractivity contribution in [1.82, 2.24) is 0 Å². The molecule has 3 fully saturated rings. The third-order valence-electron chi connectivity index (χ3n) is 3.97. The van der Waals surface area contributed by atoms with Crippen molar-refractivity contribution in [1.29, 1.82) is 0 Å². The van der Waals surface area contributed by atoms with Crippen LogP contribution in [0.25, 0.3) is 0 Å². The molecule has 0 saturated carbocycles. The van der Waals surface area contributed by atoms with E-state index in [0.29, 0.717) is 13.2 Å². The van der Waals surface area contributed by atoms with E-state index in [9.17, 15) is 0 Å². The highest BCUT2D eigenvalue weighted by atomic mass is 16.8. The van der Waals surface area contributed by atoms with Crippen molar-refractivity contribution in [3.8, 4) is 0 Å². The Hall–Kier alpha value is -1.24. The molecule has 3 saturated heterocycles. The Bertz CT molecular complexity index is 505. The lowest BCUT2D eigenvalue weighted by Gasteiger charge is -2.39. The molecular formula is C16H18O5. The molecule has 3 aliphatic rings. The fraction of sp³-hybridized carbons (Fsp3) is 0.500. The van der Waals surface area contributed by atoms with Gasteiger partial charge in [-0.1, -0.05) is 36.4 Å².